The van der Waals surface area contributed by atoms with E-state index in [0.717, 1.165) is 32.1 Å². The van der Waals surface area contributed by atoms with Gasteiger partial charge in [0.05, 0.1) is 0 Å². The minimum absolute atomic E-state index is 0.367. The van der Waals surface area contributed by atoms with Crippen LogP contribution in [-0.2, 0) is 4.79 Å². The van der Waals surface area contributed by atoms with Crippen molar-refractivity contribution in [3.8, 4) is 0 Å². The maximum atomic E-state index is 10.4. The van der Waals surface area contributed by atoms with Crippen molar-refractivity contribution in [2.45, 2.75) is 37.8 Å². The zero-order valence-electron chi connectivity index (χ0n) is 6.99. The van der Waals surface area contributed by atoms with Crippen LogP contribution in [0.5, 0.6) is 0 Å². The average molecular weight is 156 g/mol. The Balaban J connectivity index is 2.32. The van der Waals surface area contributed by atoms with Gasteiger partial charge in [0, 0.05) is 19.1 Å². The van der Waals surface area contributed by atoms with Gasteiger partial charge in [-0.3, -0.25) is 4.79 Å². The second-order valence-corrected chi connectivity index (χ2v) is 3.34. The monoisotopic (exact) mass is 156 g/mol. The van der Waals surface area contributed by atoms with Gasteiger partial charge in [-0.1, -0.05) is 0 Å². The Bertz CT molecular complexity index is 130. The molecule has 0 radical (unpaired) electrons. The number of carbonyl (C=O) groups excluding carboxylic acids is 1. The van der Waals surface area contributed by atoms with Gasteiger partial charge in [0.25, 0.3) is 0 Å². The summed E-state index contributed by atoms with van der Waals surface area (Å²) < 4.78 is 0. The molecular formula is C8H16N2O. The first-order valence-corrected chi connectivity index (χ1v) is 4.17. The molecule has 0 aromatic rings. The summed E-state index contributed by atoms with van der Waals surface area (Å²) >= 11 is 0. The van der Waals surface area contributed by atoms with Crippen molar-refractivity contribution >= 4 is 6.41 Å². The van der Waals surface area contributed by atoms with E-state index in [2.05, 4.69) is 0 Å². The zero-order chi connectivity index (χ0) is 8.27. The van der Waals surface area contributed by atoms with E-state index in [1.165, 1.54) is 0 Å². The van der Waals surface area contributed by atoms with Crippen LogP contribution >= 0.6 is 0 Å². The summed E-state index contributed by atoms with van der Waals surface area (Å²) in [6, 6.07) is 0.804. The lowest BCUT2D eigenvalue weighted by Gasteiger charge is -2.30. The Morgan fingerprint density at radius 2 is 1.91 bits per heavy atom. The van der Waals surface area contributed by atoms with Crippen LogP contribution in [0.1, 0.15) is 25.7 Å². The molecule has 0 spiro atoms. The van der Waals surface area contributed by atoms with Crippen LogP contribution in [-0.4, -0.2) is 30.4 Å². The molecule has 2 N–H and O–H groups in total. The van der Waals surface area contributed by atoms with Crippen molar-refractivity contribution in [1.82, 2.24) is 4.90 Å². The standard InChI is InChI=1S/C8H16N2O/c1-10(6-11)8-4-2-7(9)3-5-8/h6-8H,2-5,9H2,1H3. The van der Waals surface area contributed by atoms with E-state index in [9.17, 15) is 4.79 Å². The van der Waals surface area contributed by atoms with E-state index >= 15 is 0 Å². The zero-order valence-corrected chi connectivity index (χ0v) is 6.99. The van der Waals surface area contributed by atoms with Crippen LogP contribution < -0.4 is 5.73 Å². The van der Waals surface area contributed by atoms with Crippen LogP contribution in [0.4, 0.5) is 0 Å². The van der Waals surface area contributed by atoms with Crippen LogP contribution in [0.15, 0.2) is 0 Å². The Kier molecular flexibility index (Phi) is 2.88. The van der Waals surface area contributed by atoms with Gasteiger partial charge in [0.2, 0.25) is 6.41 Å². The predicted molar refractivity (Wildman–Crippen MR) is 44.1 cm³/mol. The van der Waals surface area contributed by atoms with Gasteiger partial charge in [-0.25, -0.2) is 0 Å². The van der Waals surface area contributed by atoms with Crippen molar-refractivity contribution in [2.24, 2.45) is 5.73 Å². The number of hydrogen-bond acceptors (Lipinski definition) is 2. The van der Waals surface area contributed by atoms with Gasteiger partial charge in [-0.05, 0) is 25.7 Å². The Hall–Kier alpha value is -0.570. The molecule has 11 heavy (non-hydrogen) atoms. The molecule has 3 nitrogen and oxygen atoms in total. The third-order valence-corrected chi connectivity index (χ3v) is 2.48. The molecule has 1 fully saturated rings. The fraction of sp³-hybridized carbons (Fsp3) is 0.875. The van der Waals surface area contributed by atoms with Crippen LogP contribution in [0, 0.1) is 0 Å². The third-order valence-electron chi connectivity index (χ3n) is 2.48. The summed E-state index contributed by atoms with van der Waals surface area (Å²) in [4.78, 5) is 12.1. The average Bonchev–Trinajstić information content (AvgIpc) is 2.05. The molecule has 0 heterocycles. The molecule has 0 aliphatic heterocycles. The quantitative estimate of drug-likeness (QED) is 0.586. The van der Waals surface area contributed by atoms with Crippen LogP contribution in [0.2, 0.25) is 0 Å². The fourth-order valence-corrected chi connectivity index (χ4v) is 1.59. The van der Waals surface area contributed by atoms with Crippen molar-refractivity contribution in [3.63, 3.8) is 0 Å². The maximum absolute atomic E-state index is 10.4. The lowest BCUT2D eigenvalue weighted by molar-refractivity contribution is -0.119. The highest BCUT2D eigenvalue weighted by Gasteiger charge is 2.20. The van der Waals surface area contributed by atoms with Gasteiger partial charge >= 0.3 is 0 Å². The molecular weight excluding hydrogens is 140 g/mol. The van der Waals surface area contributed by atoms with Gasteiger partial charge < -0.3 is 10.6 Å². The SMILES string of the molecule is CN(C=O)C1CCC(N)CC1. The van der Waals surface area contributed by atoms with Gasteiger partial charge in [-0.15, -0.1) is 0 Å². The van der Waals surface area contributed by atoms with E-state index in [-0.39, 0.29) is 0 Å². The van der Waals surface area contributed by atoms with Gasteiger partial charge in [0.15, 0.2) is 0 Å². The van der Waals surface area contributed by atoms with Crippen molar-refractivity contribution in [2.75, 3.05) is 7.05 Å². The maximum Gasteiger partial charge on any atom is 0.209 e. The first-order valence-electron chi connectivity index (χ1n) is 4.17. The molecule has 1 aliphatic rings. The number of nitrogens with two attached hydrogens (primary N) is 1. The lowest BCUT2D eigenvalue weighted by Crippen LogP contribution is -2.37. The Morgan fingerprint density at radius 1 is 1.36 bits per heavy atom. The van der Waals surface area contributed by atoms with E-state index in [0.29, 0.717) is 12.1 Å². The Labute approximate surface area is 67.5 Å². The van der Waals surface area contributed by atoms with E-state index < -0.39 is 0 Å². The second-order valence-electron chi connectivity index (χ2n) is 3.34. The molecule has 1 rings (SSSR count). The summed E-state index contributed by atoms with van der Waals surface area (Å²) in [6.45, 7) is 0. The molecule has 0 aromatic heterocycles. The van der Waals surface area contributed by atoms with E-state index in [1.54, 1.807) is 4.90 Å². The van der Waals surface area contributed by atoms with Crippen LogP contribution in [0.25, 0.3) is 0 Å². The molecule has 0 saturated heterocycles. The molecule has 1 amide bonds. The number of nitrogens with zero attached hydrogens (tertiary/aromatic N) is 1. The highest BCUT2D eigenvalue weighted by atomic mass is 16.1. The molecule has 3 heteroatoms. The lowest BCUT2D eigenvalue weighted by atomic mass is 9.91. The van der Waals surface area contributed by atoms with E-state index in [1.807, 2.05) is 7.05 Å². The second kappa shape index (κ2) is 3.72. The van der Waals surface area contributed by atoms with Gasteiger partial charge in [-0.2, -0.15) is 0 Å². The normalized spacial score (nSPS) is 31.5. The summed E-state index contributed by atoms with van der Waals surface area (Å²) in [5.41, 5.74) is 5.73. The molecule has 0 aromatic carbocycles. The number of rotatable bonds is 2. The third kappa shape index (κ3) is 2.19. The van der Waals surface area contributed by atoms with Crippen molar-refractivity contribution in [1.29, 1.82) is 0 Å². The minimum atomic E-state index is 0.367. The summed E-state index contributed by atoms with van der Waals surface area (Å²) in [5.74, 6) is 0. The molecule has 0 atom stereocenters. The number of carbonyl (C=O) groups is 1. The topological polar surface area (TPSA) is 46.3 Å². The van der Waals surface area contributed by atoms with E-state index in [4.69, 9.17) is 5.73 Å². The highest BCUT2D eigenvalue weighted by molar-refractivity contribution is 5.47. The summed E-state index contributed by atoms with van der Waals surface area (Å²) in [6.07, 6.45) is 5.15. The summed E-state index contributed by atoms with van der Waals surface area (Å²) in [5, 5.41) is 0. The minimum Gasteiger partial charge on any atom is -0.345 e. The van der Waals surface area contributed by atoms with Crippen molar-refractivity contribution < 1.29 is 4.79 Å². The number of hydrogen-bond donors (Lipinski definition) is 1. The predicted octanol–water partition coefficient (Wildman–Crippen LogP) is 0.344. The molecule has 64 valence electrons. The molecule has 0 bridgehead atoms. The Morgan fingerprint density at radius 3 is 2.36 bits per heavy atom. The first-order chi connectivity index (χ1) is 5.24. The first kappa shape index (κ1) is 8.53. The fourth-order valence-electron chi connectivity index (χ4n) is 1.59. The molecule has 1 aliphatic carbocycles. The largest absolute Gasteiger partial charge is 0.345 e. The summed E-state index contributed by atoms with van der Waals surface area (Å²) in [7, 11) is 1.84. The van der Waals surface area contributed by atoms with Crippen LogP contribution in [0.3, 0.4) is 0 Å². The highest BCUT2D eigenvalue weighted by Crippen LogP contribution is 2.19. The number of amides is 1. The molecule has 1 saturated carbocycles. The smallest absolute Gasteiger partial charge is 0.209 e. The van der Waals surface area contributed by atoms with Gasteiger partial charge in [0.1, 0.15) is 0 Å². The molecule has 0 unspecified atom stereocenters. The van der Waals surface area contributed by atoms with Crippen molar-refractivity contribution in [3.05, 3.63) is 0 Å².